The van der Waals surface area contributed by atoms with E-state index in [1.165, 1.54) is 0 Å². The molecule has 2 rings (SSSR count). The minimum absolute atomic E-state index is 0.117. The molecular formula is C23H29ClN4O3. The smallest absolute Gasteiger partial charge is 0.253 e. The fourth-order valence-electron chi connectivity index (χ4n) is 2.95. The fourth-order valence-corrected chi connectivity index (χ4v) is 3.17. The molecule has 2 aromatic carbocycles. The number of likely N-dealkylation sites (N-methyl/N-ethyl adjacent to an activating group) is 1. The van der Waals surface area contributed by atoms with Crippen molar-refractivity contribution in [3.63, 3.8) is 0 Å². The Morgan fingerprint density at radius 2 is 1.74 bits per heavy atom. The summed E-state index contributed by atoms with van der Waals surface area (Å²) in [6.45, 7) is 4.26. The third-order valence-corrected chi connectivity index (χ3v) is 4.82. The second-order valence-electron chi connectivity index (χ2n) is 7.88. The number of hydrogen-bond acceptors (Lipinski definition) is 4. The van der Waals surface area contributed by atoms with Crippen molar-refractivity contribution in [3.8, 4) is 0 Å². The van der Waals surface area contributed by atoms with Crippen LogP contribution in [0.5, 0.6) is 0 Å². The van der Waals surface area contributed by atoms with Gasteiger partial charge in [0.1, 0.15) is 6.04 Å². The van der Waals surface area contributed by atoms with E-state index in [4.69, 9.17) is 11.6 Å². The zero-order chi connectivity index (χ0) is 23.0. The number of nitrogens with one attached hydrogen (secondary N) is 3. The van der Waals surface area contributed by atoms with Crippen LogP contribution in [-0.2, 0) is 16.1 Å². The second-order valence-corrected chi connectivity index (χ2v) is 8.29. The first-order chi connectivity index (χ1) is 14.7. The molecule has 0 aliphatic heterocycles. The molecule has 7 nitrogen and oxygen atoms in total. The van der Waals surface area contributed by atoms with Gasteiger partial charge in [-0.25, -0.2) is 0 Å². The van der Waals surface area contributed by atoms with Crippen molar-refractivity contribution in [2.24, 2.45) is 5.92 Å². The molecule has 0 spiro atoms. The SMILES string of the molecule is CC(C)C(NC(=O)c1ccccc1Cl)C(=O)NCc1cccc(NC(=O)CN(C)C)c1. The van der Waals surface area contributed by atoms with Gasteiger partial charge in [0, 0.05) is 12.2 Å². The summed E-state index contributed by atoms with van der Waals surface area (Å²) < 4.78 is 0. The van der Waals surface area contributed by atoms with E-state index in [9.17, 15) is 14.4 Å². The van der Waals surface area contributed by atoms with Crippen LogP contribution in [0.2, 0.25) is 5.02 Å². The van der Waals surface area contributed by atoms with E-state index in [1.54, 1.807) is 41.3 Å². The van der Waals surface area contributed by atoms with Gasteiger partial charge in [-0.2, -0.15) is 0 Å². The molecule has 0 aliphatic rings. The Morgan fingerprint density at radius 3 is 2.39 bits per heavy atom. The van der Waals surface area contributed by atoms with Gasteiger partial charge in [0.25, 0.3) is 5.91 Å². The lowest BCUT2D eigenvalue weighted by Gasteiger charge is -2.22. The van der Waals surface area contributed by atoms with E-state index in [0.29, 0.717) is 16.3 Å². The highest BCUT2D eigenvalue weighted by atomic mass is 35.5. The molecule has 31 heavy (non-hydrogen) atoms. The predicted octanol–water partition coefficient (Wildman–Crippen LogP) is 2.91. The van der Waals surface area contributed by atoms with Crippen LogP contribution < -0.4 is 16.0 Å². The molecule has 0 saturated heterocycles. The van der Waals surface area contributed by atoms with E-state index in [0.717, 1.165) is 5.56 Å². The largest absolute Gasteiger partial charge is 0.350 e. The maximum absolute atomic E-state index is 12.8. The van der Waals surface area contributed by atoms with Gasteiger partial charge in [-0.1, -0.05) is 49.7 Å². The normalized spacial score (nSPS) is 11.8. The minimum atomic E-state index is -0.716. The topological polar surface area (TPSA) is 90.5 Å². The summed E-state index contributed by atoms with van der Waals surface area (Å²) in [5.41, 5.74) is 1.81. The van der Waals surface area contributed by atoms with Crippen LogP contribution in [0.25, 0.3) is 0 Å². The summed E-state index contributed by atoms with van der Waals surface area (Å²) in [5.74, 6) is -0.932. The zero-order valence-electron chi connectivity index (χ0n) is 18.2. The molecule has 1 unspecified atom stereocenters. The maximum Gasteiger partial charge on any atom is 0.253 e. The monoisotopic (exact) mass is 444 g/mol. The van der Waals surface area contributed by atoms with Crippen molar-refractivity contribution in [2.75, 3.05) is 26.0 Å². The predicted molar refractivity (Wildman–Crippen MR) is 123 cm³/mol. The number of hydrogen-bond donors (Lipinski definition) is 3. The average Bonchev–Trinajstić information content (AvgIpc) is 2.69. The average molecular weight is 445 g/mol. The first-order valence-corrected chi connectivity index (χ1v) is 10.4. The molecule has 0 saturated carbocycles. The van der Waals surface area contributed by atoms with E-state index in [2.05, 4.69) is 16.0 Å². The van der Waals surface area contributed by atoms with Crippen LogP contribution >= 0.6 is 11.6 Å². The lowest BCUT2D eigenvalue weighted by Crippen LogP contribution is -2.49. The summed E-state index contributed by atoms with van der Waals surface area (Å²) >= 11 is 6.09. The number of rotatable bonds is 9. The lowest BCUT2D eigenvalue weighted by atomic mass is 10.0. The standard InChI is InChI=1S/C23H29ClN4O3/c1-15(2)21(27-22(30)18-10-5-6-11-19(18)24)23(31)25-13-16-8-7-9-17(12-16)26-20(29)14-28(3)4/h5-12,15,21H,13-14H2,1-4H3,(H,25,31)(H,26,29)(H,27,30). The number of halogens is 1. The summed E-state index contributed by atoms with van der Waals surface area (Å²) in [7, 11) is 3.64. The van der Waals surface area contributed by atoms with Crippen LogP contribution in [0.3, 0.4) is 0 Å². The van der Waals surface area contributed by atoms with Gasteiger partial charge < -0.3 is 20.9 Å². The van der Waals surface area contributed by atoms with Crippen molar-refractivity contribution in [1.29, 1.82) is 0 Å². The number of amides is 3. The molecule has 1 atom stereocenters. The number of anilines is 1. The second kappa shape index (κ2) is 11.5. The Labute approximate surface area is 188 Å². The quantitative estimate of drug-likeness (QED) is 0.554. The van der Waals surface area contributed by atoms with E-state index in [1.807, 2.05) is 40.1 Å². The van der Waals surface area contributed by atoms with Gasteiger partial charge in [0.05, 0.1) is 17.1 Å². The van der Waals surface area contributed by atoms with Crippen LogP contribution in [-0.4, -0.2) is 49.3 Å². The molecule has 166 valence electrons. The van der Waals surface area contributed by atoms with Crippen molar-refractivity contribution < 1.29 is 14.4 Å². The summed E-state index contributed by atoms with van der Waals surface area (Å²) in [6, 6.07) is 13.2. The van der Waals surface area contributed by atoms with Crippen molar-refractivity contribution >= 4 is 35.0 Å². The Balaban J connectivity index is 1.99. The summed E-state index contributed by atoms with van der Waals surface area (Å²) in [6.07, 6.45) is 0. The van der Waals surface area contributed by atoms with Crippen LogP contribution in [0.15, 0.2) is 48.5 Å². The zero-order valence-corrected chi connectivity index (χ0v) is 19.0. The Hall–Kier alpha value is -2.90. The highest BCUT2D eigenvalue weighted by molar-refractivity contribution is 6.33. The molecule has 2 aromatic rings. The third kappa shape index (κ3) is 7.70. The number of carbonyl (C=O) groups excluding carboxylic acids is 3. The highest BCUT2D eigenvalue weighted by Gasteiger charge is 2.25. The molecular weight excluding hydrogens is 416 g/mol. The van der Waals surface area contributed by atoms with Gasteiger partial charge in [-0.05, 0) is 49.8 Å². The maximum atomic E-state index is 12.8. The molecule has 0 aromatic heterocycles. The highest BCUT2D eigenvalue weighted by Crippen LogP contribution is 2.16. The number of carbonyl (C=O) groups is 3. The molecule has 3 amide bonds. The molecule has 0 radical (unpaired) electrons. The van der Waals surface area contributed by atoms with Gasteiger partial charge in [-0.3, -0.25) is 14.4 Å². The van der Waals surface area contributed by atoms with Crippen LogP contribution in [0.4, 0.5) is 5.69 Å². The molecule has 0 fully saturated rings. The molecule has 0 aliphatic carbocycles. The Morgan fingerprint density at radius 1 is 1.03 bits per heavy atom. The van der Waals surface area contributed by atoms with Crippen molar-refractivity contribution in [1.82, 2.24) is 15.5 Å². The molecule has 3 N–H and O–H groups in total. The van der Waals surface area contributed by atoms with Gasteiger partial charge in [0.15, 0.2) is 0 Å². The molecule has 0 heterocycles. The molecule has 0 bridgehead atoms. The van der Waals surface area contributed by atoms with E-state index in [-0.39, 0.29) is 30.8 Å². The van der Waals surface area contributed by atoms with Crippen molar-refractivity contribution in [2.45, 2.75) is 26.4 Å². The van der Waals surface area contributed by atoms with Crippen LogP contribution in [0, 0.1) is 5.92 Å². The van der Waals surface area contributed by atoms with Gasteiger partial charge >= 0.3 is 0 Å². The lowest BCUT2D eigenvalue weighted by molar-refractivity contribution is -0.124. The Kier molecular flexibility index (Phi) is 9.03. The Bertz CT molecular complexity index is 931. The number of nitrogens with zero attached hydrogens (tertiary/aromatic N) is 1. The van der Waals surface area contributed by atoms with Gasteiger partial charge in [-0.15, -0.1) is 0 Å². The third-order valence-electron chi connectivity index (χ3n) is 4.49. The summed E-state index contributed by atoms with van der Waals surface area (Å²) in [5, 5.41) is 8.78. The summed E-state index contributed by atoms with van der Waals surface area (Å²) in [4.78, 5) is 39.0. The van der Waals surface area contributed by atoms with Crippen molar-refractivity contribution in [3.05, 3.63) is 64.7 Å². The number of benzene rings is 2. The van der Waals surface area contributed by atoms with Crippen LogP contribution in [0.1, 0.15) is 29.8 Å². The fraction of sp³-hybridized carbons (Fsp3) is 0.348. The van der Waals surface area contributed by atoms with E-state index < -0.39 is 11.9 Å². The molecule has 8 heteroatoms. The first kappa shape index (κ1) is 24.4. The first-order valence-electron chi connectivity index (χ1n) is 10.0. The van der Waals surface area contributed by atoms with Gasteiger partial charge in [0.2, 0.25) is 11.8 Å². The minimum Gasteiger partial charge on any atom is -0.350 e. The van der Waals surface area contributed by atoms with E-state index >= 15 is 0 Å².